The van der Waals surface area contributed by atoms with Crippen molar-refractivity contribution in [2.45, 2.75) is 209 Å². The Balaban J connectivity index is 0.000000175. The molecule has 12 N–H and O–H groups in total. The fraction of sp³-hybridized carbons (Fsp3) is 0.692. The van der Waals surface area contributed by atoms with Crippen LogP contribution in [0.25, 0.3) is 0 Å². The number of aliphatic carboxylic acids is 2. The topological polar surface area (TPSA) is 415 Å². The maximum Gasteiger partial charge on any atom is 0.490 e. The van der Waals surface area contributed by atoms with Crippen molar-refractivity contribution in [3.63, 3.8) is 0 Å². The average molecular weight is 1480 g/mol. The number of hydrogen-bond donors (Lipinski definition) is 10. The highest BCUT2D eigenvalue weighted by Crippen LogP contribution is 2.39. The Morgan fingerprint density at radius 3 is 1.06 bits per heavy atom. The zero-order valence-corrected chi connectivity index (χ0v) is 60.3. The number of ether oxygens (including phenoxy) is 6. The quantitative estimate of drug-likeness (QED) is 0.0414. The Hall–Kier alpha value is -6.91. The number of aromatic nitrogens is 4. The largest absolute Gasteiger partial charge is 0.490 e. The zero-order chi connectivity index (χ0) is 72.7. The Morgan fingerprint density at radius 2 is 0.790 bits per heavy atom. The van der Waals surface area contributed by atoms with E-state index >= 15 is 0 Å². The van der Waals surface area contributed by atoms with Crippen molar-refractivity contribution < 1.29 is 85.4 Å². The number of nitriles is 1. The third kappa shape index (κ3) is 27.5. The fourth-order valence-corrected chi connectivity index (χ4v) is 15.2. The molecule has 0 spiro atoms. The highest BCUT2D eigenvalue weighted by atomic mass is 32.1. The molecule has 8 heterocycles. The number of halogens is 3. The van der Waals surface area contributed by atoms with Gasteiger partial charge in [0.05, 0.1) is 5.92 Å². The Bertz CT molecular complexity index is 3310. The van der Waals surface area contributed by atoms with Crippen molar-refractivity contribution in [2.75, 3.05) is 74.5 Å². The van der Waals surface area contributed by atoms with Crippen LogP contribution in [0.4, 0.5) is 43.3 Å². The van der Waals surface area contributed by atoms with Crippen molar-refractivity contribution >= 4 is 108 Å². The number of nitrogens with one attached hydrogen (secondary N) is 6. The van der Waals surface area contributed by atoms with Gasteiger partial charge in [0.15, 0.2) is 26.7 Å². The molecule has 0 atom stereocenters. The van der Waals surface area contributed by atoms with Crippen LogP contribution in [-0.2, 0) is 52.4 Å². The number of rotatable bonds is 14. The van der Waals surface area contributed by atoms with Gasteiger partial charge in [-0.15, -0.1) is 45.3 Å². The molecular formula is C65H94F3N13O15S4. The summed E-state index contributed by atoms with van der Waals surface area (Å²) in [6, 6.07) is 0.292. The molecule has 5 amide bonds. The van der Waals surface area contributed by atoms with Gasteiger partial charge in [0, 0.05) is 139 Å². The lowest BCUT2D eigenvalue weighted by atomic mass is 9.80. The van der Waals surface area contributed by atoms with Crippen molar-refractivity contribution in [2.24, 2.45) is 29.4 Å². The highest BCUT2D eigenvalue weighted by molar-refractivity contribution is 7.16. The number of anilines is 4. The third-order valence-corrected chi connectivity index (χ3v) is 21.5. The summed E-state index contributed by atoms with van der Waals surface area (Å²) >= 11 is 6.31. The third-order valence-electron chi connectivity index (χ3n) is 17.3. The summed E-state index contributed by atoms with van der Waals surface area (Å²) < 4.78 is 63.4. The van der Waals surface area contributed by atoms with Crippen LogP contribution in [0.15, 0.2) is 24.8 Å². The van der Waals surface area contributed by atoms with Gasteiger partial charge in [-0.3, -0.25) is 19.2 Å². The number of alkyl carbamates (subject to hydrolysis) is 2. The maximum absolute atomic E-state index is 12.3. The molecule has 8 aliphatic rings. The van der Waals surface area contributed by atoms with Crippen LogP contribution in [0.1, 0.15) is 187 Å². The van der Waals surface area contributed by atoms with Crippen molar-refractivity contribution in [1.82, 2.24) is 35.9 Å². The van der Waals surface area contributed by atoms with E-state index in [0.29, 0.717) is 69.9 Å². The molecule has 35 heteroatoms. The normalized spacial score (nSPS) is 23.8. The van der Waals surface area contributed by atoms with Gasteiger partial charge in [-0.1, -0.05) is 0 Å². The van der Waals surface area contributed by atoms with Crippen LogP contribution in [0, 0.1) is 35.1 Å². The number of thiazole rings is 4. The van der Waals surface area contributed by atoms with Gasteiger partial charge in [0.2, 0.25) is 17.7 Å². The first kappa shape index (κ1) is 80.4. The summed E-state index contributed by atoms with van der Waals surface area (Å²) in [6.45, 7) is 17.4. The minimum absolute atomic E-state index is 0.00491. The molecule has 4 aromatic heterocycles. The first-order valence-electron chi connectivity index (χ1n) is 33.6. The molecule has 0 bridgehead atoms. The van der Waals surface area contributed by atoms with Crippen LogP contribution in [0.3, 0.4) is 0 Å². The smallest absolute Gasteiger partial charge is 0.481 e. The van der Waals surface area contributed by atoms with E-state index in [2.05, 4.69) is 51.8 Å². The molecule has 12 rings (SSSR count). The molecule has 4 aromatic rings. The van der Waals surface area contributed by atoms with Gasteiger partial charge >= 0.3 is 30.3 Å². The lowest BCUT2D eigenvalue weighted by Gasteiger charge is -2.34. The molecule has 100 heavy (non-hydrogen) atoms. The molecule has 0 radical (unpaired) electrons. The number of nitrogen functional groups attached to an aromatic ring is 1. The Kier molecular flexibility index (Phi) is 30.9. The molecule has 4 aliphatic heterocycles. The number of hydrogen-bond acceptors (Lipinski definition) is 25. The first-order chi connectivity index (χ1) is 47.4. The van der Waals surface area contributed by atoms with Crippen molar-refractivity contribution in [3.05, 3.63) is 44.3 Å². The summed E-state index contributed by atoms with van der Waals surface area (Å²) in [7, 11) is 0. The van der Waals surface area contributed by atoms with Gasteiger partial charge in [0.1, 0.15) is 11.2 Å². The van der Waals surface area contributed by atoms with E-state index in [-0.39, 0.29) is 65.6 Å². The average Bonchev–Trinajstić information content (AvgIpc) is 1.26. The predicted octanol–water partition coefficient (Wildman–Crippen LogP) is 10.4. The molecule has 0 aromatic carbocycles. The lowest BCUT2D eigenvalue weighted by molar-refractivity contribution is -0.192. The number of nitrogens with two attached hydrogens (primary N) is 2. The standard InChI is InChI=1S/C18H27N3O4S.C14H18N4O2S.C13H19N3O2S.C10H17NO4.C8H12N2OS.C2HF3O2/c1-18(2,3)25-17(23)20-13-8-12(9-13)15(22)21-16-19-10-14(26-16)11-4-6-24-7-5-11;15-8-17-11-5-10(6-11)13(19)18-14-16-7-12(21-14)9-1-3-20-4-2-9;14-10-5-9(6-10)12(17)16-13-15-7-11(19-13)8-1-3-18-4-2-8;1-10(2,3)15-9(14)11-7-4-6(5-7)8(12)13;9-8-10-5-7(12-8)6-1-3-11-4-2-6;3-2(4,5)1(6)7/h10-13H,4-9H2,1-3H3,(H,20,23)(H,19,21,22);7,9-11,17H,1-6H2,(H,16,18,19);7-10H,1-6,14H2,(H,15,16,17);6-7H,4-5H2,1-3H3,(H,11,14)(H,12,13);5-6H,1-4H2,(H2,9,10);(H,6,7). The second kappa shape index (κ2) is 38.4. The van der Waals surface area contributed by atoms with Crippen LogP contribution in [-0.4, -0.2) is 166 Å². The minimum atomic E-state index is -5.08. The van der Waals surface area contributed by atoms with E-state index in [9.17, 15) is 41.9 Å². The monoisotopic (exact) mass is 1480 g/mol. The number of carboxylic acids is 2. The van der Waals surface area contributed by atoms with Crippen molar-refractivity contribution in [1.29, 1.82) is 5.26 Å². The van der Waals surface area contributed by atoms with Gasteiger partial charge in [-0.25, -0.2) is 34.3 Å². The number of carbonyl (C=O) groups is 7. The van der Waals surface area contributed by atoms with Crippen LogP contribution in [0.5, 0.6) is 0 Å². The summed E-state index contributed by atoms with van der Waals surface area (Å²) in [4.78, 5) is 101. The van der Waals surface area contributed by atoms with Crippen LogP contribution < -0.4 is 43.4 Å². The fourth-order valence-electron chi connectivity index (χ4n) is 11.4. The van der Waals surface area contributed by atoms with E-state index in [1.165, 1.54) is 19.5 Å². The van der Waals surface area contributed by atoms with E-state index in [4.69, 9.17) is 60.2 Å². The second-order valence-electron chi connectivity index (χ2n) is 27.5. The molecule has 554 valence electrons. The number of carbonyl (C=O) groups excluding carboxylic acids is 5. The van der Waals surface area contributed by atoms with Crippen LogP contribution >= 0.6 is 45.3 Å². The molecular weight excluding hydrogens is 1390 g/mol. The minimum Gasteiger partial charge on any atom is -0.481 e. The van der Waals surface area contributed by atoms with Gasteiger partial charge < -0.3 is 82.0 Å². The number of amides is 5. The molecule has 8 fully saturated rings. The lowest BCUT2D eigenvalue weighted by Crippen LogP contribution is -2.49. The number of carboxylic acid groups (broad SMARTS) is 2. The number of alkyl halides is 3. The molecule has 28 nitrogen and oxygen atoms in total. The van der Waals surface area contributed by atoms with Gasteiger partial charge in [-0.2, -0.15) is 18.4 Å². The van der Waals surface area contributed by atoms with E-state index in [1.54, 1.807) is 66.1 Å². The summed E-state index contributed by atoms with van der Waals surface area (Å²) in [5, 5.41) is 43.8. The highest BCUT2D eigenvalue weighted by Gasteiger charge is 2.40. The summed E-state index contributed by atoms with van der Waals surface area (Å²) in [6.07, 6.45) is 17.1. The summed E-state index contributed by atoms with van der Waals surface area (Å²) in [5.74, 6) is -1.68. The predicted molar refractivity (Wildman–Crippen MR) is 369 cm³/mol. The van der Waals surface area contributed by atoms with E-state index in [1.807, 2.05) is 51.8 Å². The molecule has 4 saturated heterocycles. The Labute approximate surface area is 595 Å². The second-order valence-corrected chi connectivity index (χ2v) is 31.8. The molecule has 4 aliphatic carbocycles. The van der Waals surface area contributed by atoms with Gasteiger partial charge in [0.25, 0.3) is 0 Å². The van der Waals surface area contributed by atoms with E-state index in [0.717, 1.165) is 130 Å². The maximum atomic E-state index is 12.3. The first-order valence-corrected chi connectivity index (χ1v) is 36.9. The van der Waals surface area contributed by atoms with E-state index < -0.39 is 41.5 Å². The number of nitrogens with zero attached hydrogens (tertiary/aromatic N) is 5. The Morgan fingerprint density at radius 1 is 0.500 bits per heavy atom. The zero-order valence-electron chi connectivity index (χ0n) is 57.1. The van der Waals surface area contributed by atoms with Crippen molar-refractivity contribution in [3.8, 4) is 6.19 Å². The summed E-state index contributed by atoms with van der Waals surface area (Å²) in [5.41, 5.74) is 10.2. The SMILES string of the molecule is CC(C)(C)OC(=O)NC1CC(C(=O)Nc2ncc(C3CCOCC3)s2)C1.CC(C)(C)OC(=O)NC1CC(C(=O)O)C1.N#CNC1CC(C(=O)Nc2ncc(C3CCOCC3)s2)C1.NC1CC(C(=O)Nc2ncc(C3CCOCC3)s2)C1.Nc1ncc(C2CCOCC2)s1.O=C(O)C(F)(F)F. The molecule has 4 saturated carbocycles. The van der Waals surface area contributed by atoms with Gasteiger partial charge in [-0.05, 0) is 168 Å². The molecule has 0 unspecified atom stereocenters. The van der Waals surface area contributed by atoms with Crippen LogP contribution in [0.2, 0.25) is 0 Å².